The minimum Gasteiger partial charge on any atom is -0.461 e. The average Bonchev–Trinajstić information content (AvgIpc) is 3.06. The first-order valence-electron chi connectivity index (χ1n) is 7.38. The van der Waals surface area contributed by atoms with Gasteiger partial charge in [0.05, 0.1) is 13.1 Å². The maximum atomic E-state index is 11.2. The van der Waals surface area contributed by atoms with Gasteiger partial charge >= 0.3 is 5.97 Å². The maximum Gasteiger partial charge on any atom is 0.305 e. The van der Waals surface area contributed by atoms with Crippen molar-refractivity contribution in [1.82, 2.24) is 9.80 Å². The number of carbonyl (C=O) groups excluding carboxylic acids is 1. The monoisotopic (exact) mass is 264 g/mol. The smallest absolute Gasteiger partial charge is 0.305 e. The summed E-state index contributed by atoms with van der Waals surface area (Å²) in [5.41, 5.74) is 0. The van der Waals surface area contributed by atoms with Crippen LogP contribution in [0.1, 0.15) is 32.6 Å². The lowest BCUT2D eigenvalue weighted by Gasteiger charge is -2.13. The van der Waals surface area contributed by atoms with Crippen LogP contribution in [0.2, 0.25) is 0 Å². The van der Waals surface area contributed by atoms with Gasteiger partial charge in [0.2, 0.25) is 0 Å². The summed E-state index contributed by atoms with van der Waals surface area (Å²) >= 11 is 0. The van der Waals surface area contributed by atoms with Crippen molar-refractivity contribution < 1.29 is 9.53 Å². The Kier molecular flexibility index (Phi) is 5.68. The summed E-state index contributed by atoms with van der Waals surface area (Å²) in [5.74, 6) is 6.39. The fraction of sp³-hybridized carbons (Fsp3) is 0.800. The van der Waals surface area contributed by atoms with E-state index in [1.54, 1.807) is 0 Å². The quantitative estimate of drug-likeness (QED) is 0.562. The maximum absolute atomic E-state index is 11.2. The van der Waals surface area contributed by atoms with Crippen LogP contribution in [-0.2, 0) is 9.53 Å². The second kappa shape index (κ2) is 7.52. The van der Waals surface area contributed by atoms with Gasteiger partial charge in [-0.2, -0.15) is 0 Å². The molecule has 2 fully saturated rings. The number of hydrogen-bond acceptors (Lipinski definition) is 4. The second-order valence-electron chi connectivity index (χ2n) is 5.33. The largest absolute Gasteiger partial charge is 0.461 e. The van der Waals surface area contributed by atoms with E-state index in [1.165, 1.54) is 25.9 Å². The highest BCUT2D eigenvalue weighted by atomic mass is 16.5. The number of likely N-dealkylation sites (tertiary alicyclic amines) is 2. The topological polar surface area (TPSA) is 32.8 Å². The number of nitrogens with zero attached hydrogens (tertiary/aromatic N) is 2. The first-order valence-corrected chi connectivity index (χ1v) is 7.38. The molecule has 0 aromatic heterocycles. The fourth-order valence-corrected chi connectivity index (χ4v) is 2.58. The van der Waals surface area contributed by atoms with Crippen molar-refractivity contribution in [3.8, 4) is 11.8 Å². The third kappa shape index (κ3) is 4.85. The molecule has 2 aliphatic heterocycles. The molecule has 0 radical (unpaired) electrons. The molecule has 1 atom stereocenters. The predicted octanol–water partition coefficient (Wildman–Crippen LogP) is 1.11. The molecule has 19 heavy (non-hydrogen) atoms. The van der Waals surface area contributed by atoms with E-state index in [4.69, 9.17) is 4.74 Å². The lowest BCUT2D eigenvalue weighted by atomic mass is 10.3. The van der Waals surface area contributed by atoms with E-state index >= 15 is 0 Å². The number of hydrogen-bond donors (Lipinski definition) is 0. The Morgan fingerprint density at radius 2 is 1.84 bits per heavy atom. The zero-order valence-electron chi connectivity index (χ0n) is 11.9. The molecule has 0 N–H and O–H groups in total. The van der Waals surface area contributed by atoms with Gasteiger partial charge in [-0.3, -0.25) is 14.6 Å². The molecule has 0 aliphatic carbocycles. The van der Waals surface area contributed by atoms with E-state index in [-0.39, 0.29) is 12.1 Å². The average molecular weight is 264 g/mol. The summed E-state index contributed by atoms with van der Waals surface area (Å²) in [6, 6.07) is 0. The van der Waals surface area contributed by atoms with Crippen molar-refractivity contribution in [3.63, 3.8) is 0 Å². The predicted molar refractivity (Wildman–Crippen MR) is 74.7 cm³/mol. The van der Waals surface area contributed by atoms with Crippen molar-refractivity contribution in [1.29, 1.82) is 0 Å². The van der Waals surface area contributed by atoms with Crippen LogP contribution >= 0.6 is 0 Å². The summed E-state index contributed by atoms with van der Waals surface area (Å²) in [5, 5.41) is 0. The highest BCUT2D eigenvalue weighted by Crippen LogP contribution is 2.12. The Morgan fingerprint density at radius 1 is 1.16 bits per heavy atom. The van der Waals surface area contributed by atoms with Gasteiger partial charge in [0, 0.05) is 19.5 Å². The first-order chi connectivity index (χ1) is 9.28. The Labute approximate surface area is 116 Å². The van der Waals surface area contributed by atoms with Gasteiger partial charge in [0.1, 0.15) is 6.10 Å². The first kappa shape index (κ1) is 14.4. The highest BCUT2D eigenvalue weighted by Gasteiger charge is 2.24. The van der Waals surface area contributed by atoms with Crippen molar-refractivity contribution in [3.05, 3.63) is 0 Å². The third-order valence-corrected chi connectivity index (χ3v) is 3.74. The second-order valence-corrected chi connectivity index (χ2v) is 5.33. The molecule has 4 nitrogen and oxygen atoms in total. The molecule has 4 heteroatoms. The highest BCUT2D eigenvalue weighted by molar-refractivity contribution is 5.69. The fourth-order valence-electron chi connectivity index (χ4n) is 2.58. The van der Waals surface area contributed by atoms with Gasteiger partial charge in [-0.15, -0.1) is 0 Å². The van der Waals surface area contributed by atoms with Gasteiger partial charge < -0.3 is 4.74 Å². The molecule has 2 heterocycles. The van der Waals surface area contributed by atoms with Gasteiger partial charge in [0.15, 0.2) is 0 Å². The molecule has 0 amide bonds. The molecule has 2 aliphatic rings. The molecule has 2 rings (SSSR count). The standard InChI is InChI=1S/C15H24N2O2/c1-2-15(18)19-14-7-12-17(13-14)11-6-5-10-16-8-3-4-9-16/h14H,2-4,7-13H2,1H3. The minimum absolute atomic E-state index is 0.0767. The summed E-state index contributed by atoms with van der Waals surface area (Å²) in [6.07, 6.45) is 4.12. The van der Waals surface area contributed by atoms with E-state index in [1.807, 2.05) is 6.92 Å². The van der Waals surface area contributed by atoms with Crippen LogP contribution in [0.25, 0.3) is 0 Å². The van der Waals surface area contributed by atoms with Crippen LogP contribution in [0, 0.1) is 11.8 Å². The van der Waals surface area contributed by atoms with Crippen LogP contribution in [0.3, 0.4) is 0 Å². The molecule has 1 unspecified atom stereocenters. The van der Waals surface area contributed by atoms with Gasteiger partial charge in [-0.1, -0.05) is 18.8 Å². The zero-order chi connectivity index (χ0) is 13.5. The van der Waals surface area contributed by atoms with E-state index in [0.717, 1.165) is 32.6 Å². The number of ether oxygens (including phenoxy) is 1. The van der Waals surface area contributed by atoms with Gasteiger partial charge in [-0.05, 0) is 32.4 Å². The molecular formula is C15H24N2O2. The Hall–Kier alpha value is -1.05. The van der Waals surface area contributed by atoms with Gasteiger partial charge in [-0.25, -0.2) is 0 Å². The Balaban J connectivity index is 1.62. The minimum atomic E-state index is -0.0908. The SMILES string of the molecule is CCC(=O)OC1CCN(CC#CCN2CCCC2)C1. The normalized spacial score (nSPS) is 24.2. The summed E-state index contributed by atoms with van der Waals surface area (Å²) < 4.78 is 5.34. The van der Waals surface area contributed by atoms with Crippen LogP contribution in [0.5, 0.6) is 0 Å². The lowest BCUT2D eigenvalue weighted by Crippen LogP contribution is -2.25. The number of esters is 1. The van der Waals surface area contributed by atoms with Crippen LogP contribution < -0.4 is 0 Å². The van der Waals surface area contributed by atoms with Crippen molar-refractivity contribution in [2.24, 2.45) is 0 Å². The van der Waals surface area contributed by atoms with Crippen molar-refractivity contribution >= 4 is 5.97 Å². The number of rotatable bonds is 4. The molecule has 0 spiro atoms. The Morgan fingerprint density at radius 3 is 2.53 bits per heavy atom. The third-order valence-electron chi connectivity index (χ3n) is 3.74. The molecule has 0 aromatic carbocycles. The van der Waals surface area contributed by atoms with E-state index in [9.17, 15) is 4.79 Å². The van der Waals surface area contributed by atoms with E-state index < -0.39 is 0 Å². The summed E-state index contributed by atoms with van der Waals surface area (Å²) in [6.45, 7) is 7.76. The van der Waals surface area contributed by atoms with Crippen molar-refractivity contribution in [2.45, 2.75) is 38.7 Å². The lowest BCUT2D eigenvalue weighted by molar-refractivity contribution is -0.147. The van der Waals surface area contributed by atoms with Gasteiger partial charge in [0.25, 0.3) is 0 Å². The van der Waals surface area contributed by atoms with Crippen molar-refractivity contribution in [2.75, 3.05) is 39.3 Å². The summed E-state index contributed by atoms with van der Waals surface area (Å²) in [4.78, 5) is 15.9. The zero-order valence-corrected chi connectivity index (χ0v) is 11.9. The Bertz CT molecular complexity index is 353. The van der Waals surface area contributed by atoms with E-state index in [2.05, 4.69) is 21.6 Å². The molecule has 106 valence electrons. The van der Waals surface area contributed by atoms with E-state index in [0.29, 0.717) is 6.42 Å². The molecule has 0 bridgehead atoms. The summed E-state index contributed by atoms with van der Waals surface area (Å²) in [7, 11) is 0. The van der Waals surface area contributed by atoms with Crippen LogP contribution in [0.15, 0.2) is 0 Å². The molecular weight excluding hydrogens is 240 g/mol. The van der Waals surface area contributed by atoms with Crippen LogP contribution in [-0.4, -0.2) is 61.1 Å². The molecule has 0 aromatic rings. The molecule has 0 saturated carbocycles. The molecule has 2 saturated heterocycles. The number of carbonyl (C=O) groups is 1. The van der Waals surface area contributed by atoms with Crippen LogP contribution in [0.4, 0.5) is 0 Å².